The third-order valence-electron chi connectivity index (χ3n) is 4.83. The van der Waals surface area contributed by atoms with Gasteiger partial charge in [-0.25, -0.2) is 9.97 Å². The van der Waals surface area contributed by atoms with Gasteiger partial charge >= 0.3 is 0 Å². The highest BCUT2D eigenvalue weighted by Gasteiger charge is 2.35. The number of hydrogen-bond donors (Lipinski definition) is 1. The summed E-state index contributed by atoms with van der Waals surface area (Å²) in [5.41, 5.74) is 0. The van der Waals surface area contributed by atoms with Gasteiger partial charge in [-0.05, 0) is 42.7 Å². The molecule has 3 atom stereocenters. The standard InChI is InChI=1S/C15H19Cl2N3O/c16-12-8-13(20-15(17)18-12)19-14(21)11-6-5-9-3-1-2-4-10(9)7-11/h8-11H,1-7H2,(H,18,19,20,21). The quantitative estimate of drug-likeness (QED) is 0.649. The summed E-state index contributed by atoms with van der Waals surface area (Å²) >= 11 is 11.6. The Bertz CT molecular complexity index is 517. The first-order valence-electron chi connectivity index (χ1n) is 7.63. The fourth-order valence-corrected chi connectivity index (χ4v) is 4.20. The number of halogens is 2. The van der Waals surface area contributed by atoms with Crippen molar-refractivity contribution in [3.63, 3.8) is 0 Å². The molecule has 6 heteroatoms. The Kier molecular flexibility index (Phi) is 4.65. The Balaban J connectivity index is 1.62. The Hall–Kier alpha value is -0.870. The van der Waals surface area contributed by atoms with E-state index < -0.39 is 0 Å². The molecule has 2 aliphatic rings. The van der Waals surface area contributed by atoms with Crippen LogP contribution >= 0.6 is 23.2 Å². The number of nitrogens with one attached hydrogen (secondary N) is 1. The molecule has 0 spiro atoms. The third kappa shape index (κ3) is 3.67. The van der Waals surface area contributed by atoms with Crippen LogP contribution in [0.5, 0.6) is 0 Å². The minimum atomic E-state index is 0.0323. The Morgan fingerprint density at radius 1 is 1.10 bits per heavy atom. The lowest BCUT2D eigenvalue weighted by Crippen LogP contribution is -2.34. The van der Waals surface area contributed by atoms with E-state index in [-0.39, 0.29) is 22.3 Å². The average molecular weight is 328 g/mol. The van der Waals surface area contributed by atoms with Crippen LogP contribution in [0, 0.1) is 17.8 Å². The topological polar surface area (TPSA) is 54.9 Å². The first-order valence-corrected chi connectivity index (χ1v) is 8.38. The van der Waals surface area contributed by atoms with Gasteiger partial charge < -0.3 is 5.32 Å². The maximum absolute atomic E-state index is 12.4. The van der Waals surface area contributed by atoms with Crippen molar-refractivity contribution in [2.24, 2.45) is 17.8 Å². The number of rotatable bonds is 2. The molecule has 3 rings (SSSR count). The minimum Gasteiger partial charge on any atom is -0.310 e. The van der Waals surface area contributed by atoms with Crippen molar-refractivity contribution in [1.29, 1.82) is 0 Å². The second-order valence-electron chi connectivity index (χ2n) is 6.15. The van der Waals surface area contributed by atoms with E-state index in [1.807, 2.05) is 0 Å². The lowest BCUT2D eigenvalue weighted by atomic mass is 9.67. The van der Waals surface area contributed by atoms with E-state index in [1.54, 1.807) is 0 Å². The second kappa shape index (κ2) is 6.49. The van der Waals surface area contributed by atoms with E-state index in [9.17, 15) is 4.79 Å². The van der Waals surface area contributed by atoms with Gasteiger partial charge in [-0.2, -0.15) is 0 Å². The molecule has 0 aliphatic heterocycles. The van der Waals surface area contributed by atoms with Crippen LogP contribution in [0.2, 0.25) is 10.4 Å². The molecule has 1 aromatic rings. The second-order valence-corrected chi connectivity index (χ2v) is 6.87. The summed E-state index contributed by atoms with van der Waals surface area (Å²) in [7, 11) is 0. The summed E-state index contributed by atoms with van der Waals surface area (Å²) in [6.45, 7) is 0. The molecule has 0 radical (unpaired) electrons. The highest BCUT2D eigenvalue weighted by Crippen LogP contribution is 2.42. The van der Waals surface area contributed by atoms with Gasteiger partial charge in [0.05, 0.1) is 0 Å². The van der Waals surface area contributed by atoms with Crippen molar-refractivity contribution >= 4 is 34.9 Å². The van der Waals surface area contributed by atoms with Gasteiger partial charge in [0, 0.05) is 12.0 Å². The van der Waals surface area contributed by atoms with Crippen LogP contribution in [0.3, 0.4) is 0 Å². The van der Waals surface area contributed by atoms with Crippen molar-refractivity contribution in [2.45, 2.75) is 44.9 Å². The van der Waals surface area contributed by atoms with Gasteiger partial charge in [0.15, 0.2) is 0 Å². The Morgan fingerprint density at radius 2 is 1.86 bits per heavy atom. The molecule has 1 N–H and O–H groups in total. The van der Waals surface area contributed by atoms with Crippen LogP contribution in [0.4, 0.5) is 5.82 Å². The van der Waals surface area contributed by atoms with Crippen LogP contribution in [0.15, 0.2) is 6.07 Å². The van der Waals surface area contributed by atoms with Gasteiger partial charge in [0.2, 0.25) is 11.2 Å². The number of aromatic nitrogens is 2. The molecular formula is C15H19Cl2N3O. The van der Waals surface area contributed by atoms with Gasteiger partial charge in [-0.3, -0.25) is 4.79 Å². The monoisotopic (exact) mass is 327 g/mol. The molecule has 4 nitrogen and oxygen atoms in total. The number of carbonyl (C=O) groups excluding carboxylic acids is 1. The van der Waals surface area contributed by atoms with Gasteiger partial charge in [0.25, 0.3) is 0 Å². The molecule has 2 saturated carbocycles. The molecule has 0 bridgehead atoms. The van der Waals surface area contributed by atoms with E-state index in [4.69, 9.17) is 23.2 Å². The first kappa shape index (κ1) is 15.0. The largest absolute Gasteiger partial charge is 0.310 e. The van der Waals surface area contributed by atoms with Gasteiger partial charge in [-0.1, -0.05) is 37.3 Å². The molecule has 114 valence electrons. The number of hydrogen-bond acceptors (Lipinski definition) is 3. The predicted molar refractivity (Wildman–Crippen MR) is 83.5 cm³/mol. The summed E-state index contributed by atoms with van der Waals surface area (Å²) in [6, 6.07) is 1.53. The lowest BCUT2D eigenvalue weighted by molar-refractivity contribution is -0.122. The maximum atomic E-state index is 12.4. The highest BCUT2D eigenvalue weighted by molar-refractivity contribution is 6.32. The molecule has 21 heavy (non-hydrogen) atoms. The third-order valence-corrected chi connectivity index (χ3v) is 5.19. The number of fused-ring (bicyclic) bond motifs is 1. The summed E-state index contributed by atoms with van der Waals surface area (Å²) < 4.78 is 0. The van der Waals surface area contributed by atoms with Gasteiger partial charge in [-0.15, -0.1) is 0 Å². The zero-order chi connectivity index (χ0) is 14.8. The van der Waals surface area contributed by atoms with Crippen LogP contribution < -0.4 is 5.32 Å². The number of nitrogens with zero attached hydrogens (tertiary/aromatic N) is 2. The average Bonchev–Trinajstić information content (AvgIpc) is 2.45. The molecule has 3 unspecified atom stereocenters. The van der Waals surface area contributed by atoms with E-state index in [0.29, 0.717) is 5.82 Å². The van der Waals surface area contributed by atoms with Crippen LogP contribution in [0.1, 0.15) is 44.9 Å². The SMILES string of the molecule is O=C(Nc1cc(Cl)nc(Cl)n1)C1CCC2CCCCC2C1. The smallest absolute Gasteiger partial charge is 0.228 e. The van der Waals surface area contributed by atoms with Crippen LogP contribution in [0.25, 0.3) is 0 Å². The molecule has 2 fully saturated rings. The summed E-state index contributed by atoms with van der Waals surface area (Å²) in [5.74, 6) is 2.06. The van der Waals surface area contributed by atoms with E-state index in [0.717, 1.165) is 24.7 Å². The van der Waals surface area contributed by atoms with Gasteiger partial charge in [0.1, 0.15) is 11.0 Å². The molecule has 0 saturated heterocycles. The summed E-state index contributed by atoms with van der Waals surface area (Å²) in [4.78, 5) is 20.2. The molecule has 1 heterocycles. The fraction of sp³-hybridized carbons (Fsp3) is 0.667. The lowest BCUT2D eigenvalue weighted by Gasteiger charge is -2.38. The van der Waals surface area contributed by atoms with Crippen molar-refractivity contribution in [3.8, 4) is 0 Å². The number of amides is 1. The van der Waals surface area contributed by atoms with Crippen molar-refractivity contribution in [1.82, 2.24) is 9.97 Å². The first-order chi connectivity index (χ1) is 10.1. The van der Waals surface area contributed by atoms with Crippen molar-refractivity contribution in [2.75, 3.05) is 5.32 Å². The van der Waals surface area contributed by atoms with E-state index in [1.165, 1.54) is 38.2 Å². The Morgan fingerprint density at radius 3 is 2.62 bits per heavy atom. The Labute approximate surface area is 134 Å². The number of carbonyl (C=O) groups is 1. The number of anilines is 1. The predicted octanol–water partition coefficient (Wildman–Crippen LogP) is 4.33. The van der Waals surface area contributed by atoms with Crippen molar-refractivity contribution < 1.29 is 4.79 Å². The zero-order valence-electron chi connectivity index (χ0n) is 11.8. The van der Waals surface area contributed by atoms with Crippen LogP contribution in [-0.4, -0.2) is 15.9 Å². The minimum absolute atomic E-state index is 0.0323. The van der Waals surface area contributed by atoms with E-state index >= 15 is 0 Å². The van der Waals surface area contributed by atoms with E-state index in [2.05, 4.69) is 15.3 Å². The molecule has 2 aliphatic carbocycles. The molecule has 1 amide bonds. The maximum Gasteiger partial charge on any atom is 0.228 e. The highest BCUT2D eigenvalue weighted by atomic mass is 35.5. The van der Waals surface area contributed by atoms with Crippen molar-refractivity contribution in [3.05, 3.63) is 16.5 Å². The summed E-state index contributed by atoms with van der Waals surface area (Å²) in [6.07, 6.45) is 8.44. The van der Waals surface area contributed by atoms with Crippen LogP contribution in [-0.2, 0) is 4.79 Å². The molecule has 1 aromatic heterocycles. The molecular weight excluding hydrogens is 309 g/mol. The normalized spacial score (nSPS) is 28.8. The summed E-state index contributed by atoms with van der Waals surface area (Å²) in [5, 5.41) is 3.12. The molecule has 0 aromatic carbocycles. The zero-order valence-corrected chi connectivity index (χ0v) is 13.3. The fourth-order valence-electron chi connectivity index (χ4n) is 3.79.